The fourth-order valence-corrected chi connectivity index (χ4v) is 3.67. The first-order valence-corrected chi connectivity index (χ1v) is 7.38. The molecule has 1 aromatic carbocycles. The summed E-state index contributed by atoms with van der Waals surface area (Å²) in [5, 5.41) is 0. The summed E-state index contributed by atoms with van der Waals surface area (Å²) in [6.07, 6.45) is 8.00. The molecule has 1 unspecified atom stereocenters. The second-order valence-corrected chi connectivity index (χ2v) is 5.89. The lowest BCUT2D eigenvalue weighted by Crippen LogP contribution is -2.61. The molecule has 1 atom stereocenters. The Balaban J connectivity index is 1.82. The average Bonchev–Trinajstić information content (AvgIpc) is 2.40. The van der Waals surface area contributed by atoms with Crippen molar-refractivity contribution in [1.29, 1.82) is 0 Å². The van der Waals surface area contributed by atoms with E-state index in [4.69, 9.17) is 5.73 Å². The zero-order valence-electron chi connectivity index (χ0n) is 11.1. The number of nitrogens with two attached hydrogens (primary N) is 1. The molecule has 0 bridgehead atoms. The first kappa shape index (κ1) is 12.2. The minimum atomic E-state index is 0.186. The smallest absolute Gasteiger partial charge is 0.0482 e. The van der Waals surface area contributed by atoms with E-state index in [2.05, 4.69) is 35.2 Å². The molecule has 98 valence electrons. The molecule has 1 saturated heterocycles. The van der Waals surface area contributed by atoms with Crippen molar-refractivity contribution in [3.05, 3.63) is 35.9 Å². The lowest BCUT2D eigenvalue weighted by atomic mass is 9.68. The van der Waals surface area contributed by atoms with Gasteiger partial charge in [0.05, 0.1) is 0 Å². The van der Waals surface area contributed by atoms with Crippen molar-refractivity contribution in [3.8, 4) is 0 Å². The first-order valence-electron chi connectivity index (χ1n) is 7.38. The molecule has 0 aromatic heterocycles. The Morgan fingerprint density at radius 1 is 0.944 bits per heavy atom. The predicted octanol–water partition coefficient (Wildman–Crippen LogP) is 3.10. The van der Waals surface area contributed by atoms with E-state index in [1.54, 1.807) is 0 Å². The van der Waals surface area contributed by atoms with Gasteiger partial charge in [0.25, 0.3) is 0 Å². The molecule has 1 aliphatic carbocycles. The van der Waals surface area contributed by atoms with E-state index in [1.165, 1.54) is 57.2 Å². The van der Waals surface area contributed by atoms with Gasteiger partial charge >= 0.3 is 0 Å². The summed E-state index contributed by atoms with van der Waals surface area (Å²) < 4.78 is 0. The number of rotatable bonds is 3. The van der Waals surface area contributed by atoms with Crippen molar-refractivity contribution < 1.29 is 0 Å². The van der Waals surface area contributed by atoms with Gasteiger partial charge in [0.2, 0.25) is 0 Å². The van der Waals surface area contributed by atoms with Gasteiger partial charge in [0, 0.05) is 11.6 Å². The zero-order valence-corrected chi connectivity index (χ0v) is 11.1. The van der Waals surface area contributed by atoms with Crippen LogP contribution in [0.4, 0.5) is 0 Å². The Kier molecular flexibility index (Phi) is 3.40. The summed E-state index contributed by atoms with van der Waals surface area (Å²) in [7, 11) is 0. The second-order valence-electron chi connectivity index (χ2n) is 5.89. The first-order chi connectivity index (χ1) is 8.83. The topological polar surface area (TPSA) is 29.3 Å². The van der Waals surface area contributed by atoms with Gasteiger partial charge in [-0.3, -0.25) is 4.90 Å². The molecule has 0 amide bonds. The van der Waals surface area contributed by atoms with Crippen LogP contribution in [0.1, 0.15) is 50.1 Å². The summed E-state index contributed by atoms with van der Waals surface area (Å²) in [4.78, 5) is 2.69. The third kappa shape index (κ3) is 1.98. The van der Waals surface area contributed by atoms with Gasteiger partial charge in [-0.05, 0) is 50.8 Å². The van der Waals surface area contributed by atoms with E-state index >= 15 is 0 Å². The molecule has 1 saturated carbocycles. The van der Waals surface area contributed by atoms with Crippen molar-refractivity contribution in [2.75, 3.05) is 13.1 Å². The monoisotopic (exact) mass is 244 g/mol. The molecule has 18 heavy (non-hydrogen) atoms. The van der Waals surface area contributed by atoms with Crippen LogP contribution in [-0.4, -0.2) is 23.5 Å². The molecule has 0 spiro atoms. The summed E-state index contributed by atoms with van der Waals surface area (Å²) in [6.45, 7) is 2.50. The molecule has 1 aromatic rings. The molecule has 1 heterocycles. The third-order valence-corrected chi connectivity index (χ3v) is 4.94. The quantitative estimate of drug-likeness (QED) is 0.885. The van der Waals surface area contributed by atoms with Gasteiger partial charge in [0.1, 0.15) is 0 Å². The SMILES string of the molecule is NC(c1ccccc1)C1(N2CCCCC2)CCC1. The van der Waals surface area contributed by atoms with Gasteiger partial charge in [-0.1, -0.05) is 36.8 Å². The lowest BCUT2D eigenvalue weighted by Gasteiger charge is -2.55. The van der Waals surface area contributed by atoms with E-state index in [1.807, 2.05) is 0 Å². The Hall–Kier alpha value is -0.860. The highest BCUT2D eigenvalue weighted by molar-refractivity contribution is 5.24. The number of piperidine rings is 1. The number of likely N-dealkylation sites (tertiary alicyclic amines) is 1. The average molecular weight is 244 g/mol. The lowest BCUT2D eigenvalue weighted by molar-refractivity contribution is -0.0192. The maximum Gasteiger partial charge on any atom is 0.0482 e. The second kappa shape index (κ2) is 5.02. The molecular weight excluding hydrogens is 220 g/mol. The maximum atomic E-state index is 6.62. The minimum absolute atomic E-state index is 0.186. The molecule has 1 aliphatic heterocycles. The molecule has 2 heteroatoms. The molecule has 0 radical (unpaired) electrons. The van der Waals surface area contributed by atoms with E-state index in [0.29, 0.717) is 0 Å². The van der Waals surface area contributed by atoms with Crippen molar-refractivity contribution in [1.82, 2.24) is 4.90 Å². The summed E-state index contributed by atoms with van der Waals surface area (Å²) >= 11 is 0. The molecule has 3 rings (SSSR count). The van der Waals surface area contributed by atoms with Crippen molar-refractivity contribution in [3.63, 3.8) is 0 Å². The van der Waals surface area contributed by atoms with Gasteiger partial charge in [-0.15, -0.1) is 0 Å². The fourth-order valence-electron chi connectivity index (χ4n) is 3.67. The molecular formula is C16H24N2. The zero-order chi connectivity index (χ0) is 12.4. The third-order valence-electron chi connectivity index (χ3n) is 4.94. The summed E-state index contributed by atoms with van der Waals surface area (Å²) in [5.74, 6) is 0. The molecule has 2 fully saturated rings. The Labute approximate surface area is 110 Å². The van der Waals surface area contributed by atoms with Gasteiger partial charge in [0.15, 0.2) is 0 Å². The maximum absolute atomic E-state index is 6.62. The highest BCUT2D eigenvalue weighted by Gasteiger charge is 2.47. The predicted molar refractivity (Wildman–Crippen MR) is 75.4 cm³/mol. The molecule has 2 aliphatic rings. The summed E-state index contributed by atoms with van der Waals surface area (Å²) in [5.41, 5.74) is 8.20. The minimum Gasteiger partial charge on any atom is -0.322 e. The molecule has 2 nitrogen and oxygen atoms in total. The molecule has 2 N–H and O–H groups in total. The number of hydrogen-bond acceptors (Lipinski definition) is 2. The Morgan fingerprint density at radius 3 is 2.17 bits per heavy atom. The highest BCUT2D eigenvalue weighted by atomic mass is 15.2. The van der Waals surface area contributed by atoms with E-state index in [0.717, 1.165) is 0 Å². The van der Waals surface area contributed by atoms with Crippen molar-refractivity contribution in [2.24, 2.45) is 5.73 Å². The van der Waals surface area contributed by atoms with Gasteiger partial charge in [-0.25, -0.2) is 0 Å². The standard InChI is InChI=1S/C16H24N2/c17-15(14-8-3-1-4-9-14)16(10-7-11-16)18-12-5-2-6-13-18/h1,3-4,8-9,15H,2,5-7,10-13,17H2. The van der Waals surface area contributed by atoms with Crippen LogP contribution in [0.15, 0.2) is 30.3 Å². The van der Waals surface area contributed by atoms with E-state index < -0.39 is 0 Å². The highest BCUT2D eigenvalue weighted by Crippen LogP contribution is 2.46. The van der Waals surface area contributed by atoms with Crippen LogP contribution in [0.3, 0.4) is 0 Å². The van der Waals surface area contributed by atoms with E-state index in [-0.39, 0.29) is 11.6 Å². The number of nitrogens with zero attached hydrogens (tertiary/aromatic N) is 1. The van der Waals surface area contributed by atoms with Crippen LogP contribution < -0.4 is 5.73 Å². The van der Waals surface area contributed by atoms with Crippen molar-refractivity contribution in [2.45, 2.75) is 50.1 Å². The Bertz CT molecular complexity index is 377. The number of benzene rings is 1. The van der Waals surface area contributed by atoms with Crippen LogP contribution in [0.5, 0.6) is 0 Å². The van der Waals surface area contributed by atoms with Crippen LogP contribution in [0, 0.1) is 0 Å². The summed E-state index contributed by atoms with van der Waals surface area (Å²) in [6, 6.07) is 10.9. The Morgan fingerprint density at radius 2 is 1.61 bits per heavy atom. The van der Waals surface area contributed by atoms with Gasteiger partial charge in [-0.2, -0.15) is 0 Å². The van der Waals surface area contributed by atoms with Crippen LogP contribution in [0.2, 0.25) is 0 Å². The fraction of sp³-hybridized carbons (Fsp3) is 0.625. The van der Waals surface area contributed by atoms with Crippen LogP contribution in [0.25, 0.3) is 0 Å². The number of hydrogen-bond donors (Lipinski definition) is 1. The van der Waals surface area contributed by atoms with Gasteiger partial charge < -0.3 is 5.73 Å². The van der Waals surface area contributed by atoms with Crippen LogP contribution >= 0.6 is 0 Å². The van der Waals surface area contributed by atoms with Crippen molar-refractivity contribution >= 4 is 0 Å². The largest absolute Gasteiger partial charge is 0.322 e. The van der Waals surface area contributed by atoms with E-state index in [9.17, 15) is 0 Å². The normalized spacial score (nSPS) is 25.4. The van der Waals surface area contributed by atoms with Crippen LogP contribution in [-0.2, 0) is 0 Å².